The highest BCUT2D eigenvalue weighted by Gasteiger charge is 2.21. The second-order valence-corrected chi connectivity index (χ2v) is 6.82. The van der Waals surface area contributed by atoms with E-state index in [-0.39, 0.29) is 17.7 Å². The fraction of sp³-hybridized carbons (Fsp3) is 0.615. The normalized spacial score (nSPS) is 18.3. The predicted molar refractivity (Wildman–Crippen MR) is 75.6 cm³/mol. The molecular weight excluding hydrogens is 278 g/mol. The largest absolute Gasteiger partial charge is 0.392 e. The van der Waals surface area contributed by atoms with E-state index in [9.17, 15) is 8.42 Å². The summed E-state index contributed by atoms with van der Waals surface area (Å²) in [5.41, 5.74) is 0.592. The van der Waals surface area contributed by atoms with E-state index in [1.54, 1.807) is 6.07 Å². The molecule has 0 aliphatic carbocycles. The number of rotatable bonds is 6. The van der Waals surface area contributed by atoms with Gasteiger partial charge in [-0.05, 0) is 44.5 Å². The number of aromatic nitrogens is 1. The predicted octanol–water partition coefficient (Wildman–Crippen LogP) is 0.336. The van der Waals surface area contributed by atoms with Crippen LogP contribution in [0, 0.1) is 0 Å². The summed E-state index contributed by atoms with van der Waals surface area (Å²) >= 11 is 0. The fourth-order valence-electron chi connectivity index (χ4n) is 2.28. The van der Waals surface area contributed by atoms with Crippen LogP contribution in [0.25, 0.3) is 0 Å². The third-order valence-electron chi connectivity index (χ3n) is 3.59. The van der Waals surface area contributed by atoms with Gasteiger partial charge in [0, 0.05) is 18.8 Å². The lowest BCUT2D eigenvalue weighted by molar-refractivity contribution is 0.260. The van der Waals surface area contributed by atoms with E-state index < -0.39 is 10.0 Å². The minimum atomic E-state index is -3.58. The summed E-state index contributed by atoms with van der Waals surface area (Å²) in [5.74, 6) is 0. The van der Waals surface area contributed by atoms with Crippen LogP contribution in [0.5, 0.6) is 0 Å². The Labute approximate surface area is 119 Å². The molecule has 20 heavy (non-hydrogen) atoms. The maximum absolute atomic E-state index is 12.1. The van der Waals surface area contributed by atoms with Gasteiger partial charge in [0.1, 0.15) is 0 Å². The van der Waals surface area contributed by atoms with Crippen LogP contribution in [-0.4, -0.2) is 49.1 Å². The SMILES string of the molecule is CC(CNS(=O)(=O)c1ccc(CO)cn1)N1CCCC1. The van der Waals surface area contributed by atoms with Gasteiger partial charge in [-0.1, -0.05) is 6.07 Å². The first-order chi connectivity index (χ1) is 9.53. The van der Waals surface area contributed by atoms with Crippen LogP contribution < -0.4 is 4.72 Å². The summed E-state index contributed by atoms with van der Waals surface area (Å²) in [6, 6.07) is 3.16. The number of nitrogens with zero attached hydrogens (tertiary/aromatic N) is 2. The van der Waals surface area contributed by atoms with E-state index in [4.69, 9.17) is 5.11 Å². The first kappa shape index (κ1) is 15.4. The Morgan fingerprint density at radius 3 is 2.65 bits per heavy atom. The van der Waals surface area contributed by atoms with Crippen molar-refractivity contribution in [2.45, 2.75) is 37.4 Å². The molecule has 1 aliphatic rings. The van der Waals surface area contributed by atoms with Gasteiger partial charge in [-0.15, -0.1) is 0 Å². The summed E-state index contributed by atoms with van der Waals surface area (Å²) in [4.78, 5) is 6.16. The number of aliphatic hydroxyl groups excluding tert-OH is 1. The molecule has 1 unspecified atom stereocenters. The highest BCUT2D eigenvalue weighted by Crippen LogP contribution is 2.12. The summed E-state index contributed by atoms with van der Waals surface area (Å²) in [6.45, 7) is 4.33. The molecule has 2 heterocycles. The zero-order valence-corrected chi connectivity index (χ0v) is 12.4. The molecular formula is C13H21N3O3S. The van der Waals surface area contributed by atoms with Crippen molar-refractivity contribution >= 4 is 10.0 Å². The molecule has 7 heteroatoms. The number of hydrogen-bond acceptors (Lipinski definition) is 5. The van der Waals surface area contributed by atoms with Crippen molar-refractivity contribution in [3.8, 4) is 0 Å². The first-order valence-electron chi connectivity index (χ1n) is 6.82. The first-order valence-corrected chi connectivity index (χ1v) is 8.31. The highest BCUT2D eigenvalue weighted by molar-refractivity contribution is 7.89. The molecule has 0 radical (unpaired) electrons. The van der Waals surface area contributed by atoms with Gasteiger partial charge in [0.05, 0.1) is 6.61 Å². The quantitative estimate of drug-likeness (QED) is 0.791. The van der Waals surface area contributed by atoms with Crippen molar-refractivity contribution in [3.05, 3.63) is 23.9 Å². The average Bonchev–Trinajstić information content (AvgIpc) is 2.99. The Morgan fingerprint density at radius 1 is 1.40 bits per heavy atom. The molecule has 0 amide bonds. The standard InChI is InChI=1S/C13H21N3O3S/c1-11(16-6-2-3-7-16)8-15-20(18,19)13-5-4-12(10-17)9-14-13/h4-5,9,11,15,17H,2-3,6-8,10H2,1H3. The zero-order valence-electron chi connectivity index (χ0n) is 11.6. The van der Waals surface area contributed by atoms with Crippen molar-refractivity contribution in [1.82, 2.24) is 14.6 Å². The molecule has 2 rings (SSSR count). The van der Waals surface area contributed by atoms with Crippen LogP contribution in [0.1, 0.15) is 25.3 Å². The second-order valence-electron chi connectivity index (χ2n) is 5.11. The van der Waals surface area contributed by atoms with E-state index in [1.165, 1.54) is 25.1 Å². The van der Waals surface area contributed by atoms with E-state index >= 15 is 0 Å². The van der Waals surface area contributed by atoms with Crippen molar-refractivity contribution < 1.29 is 13.5 Å². The monoisotopic (exact) mass is 299 g/mol. The van der Waals surface area contributed by atoms with Crippen LogP contribution in [0.4, 0.5) is 0 Å². The fourth-order valence-corrected chi connectivity index (χ4v) is 3.33. The van der Waals surface area contributed by atoms with Crippen LogP contribution in [-0.2, 0) is 16.6 Å². The molecule has 1 aliphatic heterocycles. The van der Waals surface area contributed by atoms with E-state index in [0.29, 0.717) is 12.1 Å². The van der Waals surface area contributed by atoms with Gasteiger partial charge in [0.25, 0.3) is 10.0 Å². The molecule has 1 aromatic heterocycles. The van der Waals surface area contributed by atoms with Gasteiger partial charge >= 0.3 is 0 Å². The Hall–Kier alpha value is -1.02. The number of pyridine rings is 1. The minimum Gasteiger partial charge on any atom is -0.392 e. The van der Waals surface area contributed by atoms with E-state index in [2.05, 4.69) is 14.6 Å². The van der Waals surface area contributed by atoms with Crippen molar-refractivity contribution in [2.24, 2.45) is 0 Å². The Morgan fingerprint density at radius 2 is 2.10 bits per heavy atom. The van der Waals surface area contributed by atoms with Crippen molar-refractivity contribution in [3.63, 3.8) is 0 Å². The average molecular weight is 299 g/mol. The van der Waals surface area contributed by atoms with Crippen molar-refractivity contribution in [2.75, 3.05) is 19.6 Å². The molecule has 0 saturated carbocycles. The lowest BCUT2D eigenvalue weighted by Gasteiger charge is -2.23. The van der Waals surface area contributed by atoms with Crippen molar-refractivity contribution in [1.29, 1.82) is 0 Å². The summed E-state index contributed by atoms with van der Waals surface area (Å²) in [5, 5.41) is 8.91. The van der Waals surface area contributed by atoms with E-state index in [1.807, 2.05) is 6.92 Å². The summed E-state index contributed by atoms with van der Waals surface area (Å²) < 4.78 is 26.8. The second kappa shape index (κ2) is 6.62. The molecule has 6 nitrogen and oxygen atoms in total. The van der Waals surface area contributed by atoms with Gasteiger partial charge in [-0.3, -0.25) is 4.90 Å². The number of sulfonamides is 1. The van der Waals surface area contributed by atoms with Gasteiger partial charge in [-0.25, -0.2) is 18.1 Å². The zero-order chi connectivity index (χ0) is 14.6. The third kappa shape index (κ3) is 3.76. The summed E-state index contributed by atoms with van der Waals surface area (Å²) in [6.07, 6.45) is 3.74. The Bertz CT molecular complexity index is 524. The molecule has 1 saturated heterocycles. The molecule has 0 aromatic carbocycles. The number of aliphatic hydroxyl groups is 1. The molecule has 2 N–H and O–H groups in total. The number of hydrogen-bond donors (Lipinski definition) is 2. The van der Waals surface area contributed by atoms with Gasteiger partial charge in [0.15, 0.2) is 5.03 Å². The molecule has 0 spiro atoms. The minimum absolute atomic E-state index is 0.0108. The number of likely N-dealkylation sites (tertiary alicyclic amines) is 1. The lowest BCUT2D eigenvalue weighted by atomic mass is 10.3. The van der Waals surface area contributed by atoms with Crippen LogP contribution >= 0.6 is 0 Å². The highest BCUT2D eigenvalue weighted by atomic mass is 32.2. The van der Waals surface area contributed by atoms with Crippen LogP contribution in [0.2, 0.25) is 0 Å². The maximum Gasteiger partial charge on any atom is 0.258 e. The number of nitrogens with one attached hydrogen (secondary N) is 1. The Kier molecular flexibility index (Phi) is 5.09. The lowest BCUT2D eigenvalue weighted by Crippen LogP contribution is -2.40. The van der Waals surface area contributed by atoms with Crippen LogP contribution in [0.3, 0.4) is 0 Å². The summed E-state index contributed by atoms with van der Waals surface area (Å²) in [7, 11) is -3.58. The molecule has 1 aromatic rings. The van der Waals surface area contributed by atoms with E-state index in [0.717, 1.165) is 13.1 Å². The Balaban J connectivity index is 1.95. The van der Waals surface area contributed by atoms with Gasteiger partial charge in [0.2, 0.25) is 0 Å². The topological polar surface area (TPSA) is 82.5 Å². The maximum atomic E-state index is 12.1. The van der Waals surface area contributed by atoms with Gasteiger partial charge in [-0.2, -0.15) is 0 Å². The molecule has 112 valence electrons. The molecule has 1 fully saturated rings. The third-order valence-corrected chi connectivity index (χ3v) is 4.93. The smallest absolute Gasteiger partial charge is 0.258 e. The van der Waals surface area contributed by atoms with Gasteiger partial charge < -0.3 is 5.11 Å². The molecule has 0 bridgehead atoms. The van der Waals surface area contributed by atoms with Crippen LogP contribution in [0.15, 0.2) is 23.4 Å². The molecule has 1 atom stereocenters.